The molecule has 9 heteroatoms. The van der Waals surface area contributed by atoms with Crippen molar-refractivity contribution in [3.63, 3.8) is 0 Å². The lowest BCUT2D eigenvalue weighted by atomic mass is 10.1. The summed E-state index contributed by atoms with van der Waals surface area (Å²) < 4.78 is 27.3. The summed E-state index contributed by atoms with van der Waals surface area (Å²) in [6, 6.07) is 1.92. The first-order valence-electron chi connectivity index (χ1n) is 6.03. The van der Waals surface area contributed by atoms with Crippen molar-refractivity contribution >= 4 is 37.8 Å². The molecule has 0 aromatic heterocycles. The van der Waals surface area contributed by atoms with Gasteiger partial charge in [0.1, 0.15) is 0 Å². The Morgan fingerprint density at radius 2 is 2.14 bits per heavy atom. The third kappa shape index (κ3) is 3.42. The highest BCUT2D eigenvalue weighted by Crippen LogP contribution is 2.25. The summed E-state index contributed by atoms with van der Waals surface area (Å²) in [5.74, 6) is -1.43. The van der Waals surface area contributed by atoms with Crippen LogP contribution in [0.15, 0.2) is 21.5 Å². The molecule has 1 atom stereocenters. The summed E-state index contributed by atoms with van der Waals surface area (Å²) in [6.45, 7) is 1.80. The van der Waals surface area contributed by atoms with Gasteiger partial charge < -0.3 is 10.4 Å². The van der Waals surface area contributed by atoms with Crippen LogP contribution in [-0.2, 0) is 14.8 Å². The second kappa shape index (κ2) is 5.74. The number of carbonyl (C=O) groups excluding carboxylic acids is 1. The van der Waals surface area contributed by atoms with Gasteiger partial charge in [-0.3, -0.25) is 4.79 Å². The number of amides is 1. The number of hydrogen-bond donors (Lipinski definition) is 3. The molecule has 21 heavy (non-hydrogen) atoms. The average Bonchev–Trinajstić information content (AvgIpc) is 2.76. The molecule has 0 spiro atoms. The Morgan fingerprint density at radius 1 is 1.48 bits per heavy atom. The topological polar surface area (TPSA) is 113 Å². The highest BCUT2D eigenvalue weighted by Gasteiger charge is 2.28. The highest BCUT2D eigenvalue weighted by molar-refractivity contribution is 9.10. The summed E-state index contributed by atoms with van der Waals surface area (Å²) in [5.41, 5.74) is 0.351. The quantitative estimate of drug-likeness (QED) is 0.712. The monoisotopic (exact) mass is 376 g/mol. The molecule has 1 aliphatic rings. The molecular weight excluding hydrogens is 364 g/mol. The third-order valence-electron chi connectivity index (χ3n) is 3.16. The van der Waals surface area contributed by atoms with Crippen LogP contribution in [0.4, 0.5) is 0 Å². The van der Waals surface area contributed by atoms with Gasteiger partial charge in [-0.2, -0.15) is 0 Å². The van der Waals surface area contributed by atoms with Crippen LogP contribution in [0.25, 0.3) is 0 Å². The van der Waals surface area contributed by atoms with Gasteiger partial charge in [0.05, 0.1) is 10.5 Å². The van der Waals surface area contributed by atoms with Gasteiger partial charge in [-0.15, -0.1) is 0 Å². The van der Waals surface area contributed by atoms with E-state index in [1.165, 1.54) is 6.07 Å². The molecule has 0 saturated carbocycles. The first-order chi connectivity index (χ1) is 9.70. The third-order valence-corrected chi connectivity index (χ3v) is 5.48. The number of carboxylic acids is 1. The summed E-state index contributed by atoms with van der Waals surface area (Å²) in [6.07, 6.45) is 0.0675. The molecule has 1 fully saturated rings. The number of carbonyl (C=O) groups is 2. The minimum Gasteiger partial charge on any atom is -0.478 e. The standard InChI is InChI=1S/C12H13BrN2O5S/c1-6-9(12(17)18)3-8(4-10(6)13)21(19,20)15-7-2-11(16)14-5-7/h3-4,7,15H,2,5H2,1H3,(H,14,16)(H,17,18). The van der Waals surface area contributed by atoms with E-state index in [1.54, 1.807) is 6.92 Å². The highest BCUT2D eigenvalue weighted by atomic mass is 79.9. The summed E-state index contributed by atoms with van der Waals surface area (Å²) in [4.78, 5) is 22.1. The average molecular weight is 377 g/mol. The number of rotatable bonds is 4. The van der Waals surface area contributed by atoms with Gasteiger partial charge in [0.2, 0.25) is 15.9 Å². The molecule has 114 valence electrons. The summed E-state index contributed by atoms with van der Waals surface area (Å²) in [7, 11) is -3.90. The Morgan fingerprint density at radius 3 is 2.67 bits per heavy atom. The number of aromatic carboxylic acids is 1. The maximum Gasteiger partial charge on any atom is 0.336 e. The molecule has 7 nitrogen and oxygen atoms in total. The van der Waals surface area contributed by atoms with Crippen LogP contribution in [0.5, 0.6) is 0 Å². The van der Waals surface area contributed by atoms with Gasteiger partial charge in [0, 0.05) is 23.5 Å². The van der Waals surface area contributed by atoms with E-state index >= 15 is 0 Å². The molecule has 1 saturated heterocycles. The number of halogens is 1. The maximum atomic E-state index is 12.3. The van der Waals surface area contributed by atoms with Gasteiger partial charge in [-0.05, 0) is 24.6 Å². The van der Waals surface area contributed by atoms with Crippen LogP contribution in [0.3, 0.4) is 0 Å². The van der Waals surface area contributed by atoms with Crippen LogP contribution in [0.2, 0.25) is 0 Å². The van der Waals surface area contributed by atoms with E-state index in [9.17, 15) is 18.0 Å². The molecule has 0 radical (unpaired) electrons. The molecular formula is C12H13BrN2O5S. The van der Waals surface area contributed by atoms with E-state index in [4.69, 9.17) is 5.11 Å². The zero-order chi connectivity index (χ0) is 15.8. The number of nitrogens with one attached hydrogen (secondary N) is 2. The Hall–Kier alpha value is -1.45. The van der Waals surface area contributed by atoms with Gasteiger partial charge >= 0.3 is 5.97 Å². The Bertz CT molecular complexity index is 717. The maximum absolute atomic E-state index is 12.3. The van der Waals surface area contributed by atoms with Crippen molar-refractivity contribution in [1.82, 2.24) is 10.0 Å². The van der Waals surface area contributed by atoms with E-state index in [0.29, 0.717) is 10.0 Å². The minimum absolute atomic E-state index is 0.0675. The zero-order valence-corrected chi connectivity index (χ0v) is 13.4. The minimum atomic E-state index is -3.90. The van der Waals surface area contributed by atoms with Gasteiger partial charge in [0.25, 0.3) is 0 Å². The molecule has 1 unspecified atom stereocenters. The normalized spacial score (nSPS) is 18.6. The van der Waals surface area contributed by atoms with Gasteiger partial charge in [-0.25, -0.2) is 17.9 Å². The van der Waals surface area contributed by atoms with E-state index in [0.717, 1.165) is 6.07 Å². The number of hydrogen-bond acceptors (Lipinski definition) is 4. The molecule has 1 aromatic carbocycles. The zero-order valence-electron chi connectivity index (χ0n) is 11.0. The van der Waals surface area contributed by atoms with Crippen molar-refractivity contribution in [2.75, 3.05) is 6.54 Å². The largest absolute Gasteiger partial charge is 0.478 e. The van der Waals surface area contributed by atoms with Crippen molar-refractivity contribution in [1.29, 1.82) is 0 Å². The van der Waals surface area contributed by atoms with E-state index < -0.39 is 22.0 Å². The SMILES string of the molecule is Cc1c(Br)cc(S(=O)(=O)NC2CNC(=O)C2)cc1C(=O)O. The van der Waals surface area contributed by atoms with Crippen LogP contribution in [0, 0.1) is 6.92 Å². The molecule has 1 heterocycles. The molecule has 0 bridgehead atoms. The van der Waals surface area contributed by atoms with Crippen molar-refractivity contribution in [2.24, 2.45) is 0 Å². The Balaban J connectivity index is 2.36. The molecule has 2 rings (SSSR count). The van der Waals surface area contributed by atoms with Crippen molar-refractivity contribution < 1.29 is 23.1 Å². The Labute approximate surface area is 129 Å². The van der Waals surface area contributed by atoms with Gasteiger partial charge in [0.15, 0.2) is 0 Å². The predicted molar refractivity (Wildman–Crippen MR) is 77.6 cm³/mol. The molecule has 3 N–H and O–H groups in total. The Kier molecular flexibility index (Phi) is 4.35. The fraction of sp³-hybridized carbons (Fsp3) is 0.333. The second-order valence-electron chi connectivity index (χ2n) is 4.71. The van der Waals surface area contributed by atoms with Crippen LogP contribution in [-0.4, -0.2) is 38.0 Å². The predicted octanol–water partition coefficient (Wildman–Crippen LogP) is 0.623. The lowest BCUT2D eigenvalue weighted by molar-refractivity contribution is -0.119. The van der Waals surface area contributed by atoms with Crippen LogP contribution >= 0.6 is 15.9 Å². The summed E-state index contributed by atoms with van der Waals surface area (Å²) >= 11 is 3.16. The number of benzene rings is 1. The lowest BCUT2D eigenvalue weighted by Gasteiger charge is -2.13. The first kappa shape index (κ1) is 15.9. The fourth-order valence-electron chi connectivity index (χ4n) is 2.01. The second-order valence-corrected chi connectivity index (χ2v) is 7.28. The van der Waals surface area contributed by atoms with Crippen LogP contribution < -0.4 is 10.0 Å². The summed E-state index contributed by atoms with van der Waals surface area (Å²) in [5, 5.41) is 11.6. The molecule has 1 amide bonds. The van der Waals surface area contributed by atoms with E-state index in [2.05, 4.69) is 26.0 Å². The van der Waals surface area contributed by atoms with E-state index in [-0.39, 0.29) is 29.3 Å². The van der Waals surface area contributed by atoms with Crippen LogP contribution in [0.1, 0.15) is 22.3 Å². The number of sulfonamides is 1. The van der Waals surface area contributed by atoms with Crippen molar-refractivity contribution in [3.8, 4) is 0 Å². The molecule has 0 aliphatic carbocycles. The van der Waals surface area contributed by atoms with Crippen molar-refractivity contribution in [2.45, 2.75) is 24.3 Å². The molecule has 1 aliphatic heterocycles. The lowest BCUT2D eigenvalue weighted by Crippen LogP contribution is -2.36. The number of carboxylic acid groups (broad SMARTS) is 1. The molecule has 1 aromatic rings. The van der Waals surface area contributed by atoms with Crippen molar-refractivity contribution in [3.05, 3.63) is 27.7 Å². The first-order valence-corrected chi connectivity index (χ1v) is 8.31. The van der Waals surface area contributed by atoms with Gasteiger partial charge in [-0.1, -0.05) is 15.9 Å². The smallest absolute Gasteiger partial charge is 0.336 e. The van der Waals surface area contributed by atoms with E-state index in [1.807, 2.05) is 0 Å². The fourth-order valence-corrected chi connectivity index (χ4v) is 3.91.